The molecule has 13 heavy (non-hydrogen) atoms. The van der Waals surface area contributed by atoms with Gasteiger partial charge in [0, 0.05) is 11.7 Å². The second-order valence-electron chi connectivity index (χ2n) is 3.13. The molecule has 0 radical (unpaired) electrons. The van der Waals surface area contributed by atoms with E-state index in [0.717, 1.165) is 11.3 Å². The molecule has 0 fully saturated rings. The molecule has 70 valence electrons. The highest BCUT2D eigenvalue weighted by atomic mass is 19.1. The number of hydrogen-bond donors (Lipinski definition) is 1. The number of rotatable bonds is 3. The van der Waals surface area contributed by atoms with Gasteiger partial charge in [-0.15, -0.1) is 6.58 Å². The molecule has 1 N–H and O–H groups in total. The lowest BCUT2D eigenvalue weighted by atomic mass is 10.2. The number of benzene rings is 1. The van der Waals surface area contributed by atoms with Crippen LogP contribution < -0.4 is 5.32 Å². The normalized spacial score (nSPS) is 12.2. The molecule has 0 heterocycles. The van der Waals surface area contributed by atoms with Crippen molar-refractivity contribution in [1.29, 1.82) is 0 Å². The third-order valence-electron chi connectivity index (χ3n) is 1.94. The molecular formula is C11H14FN. The fourth-order valence-corrected chi connectivity index (χ4v) is 1.05. The molecule has 0 aliphatic carbocycles. The van der Waals surface area contributed by atoms with Gasteiger partial charge in [0.25, 0.3) is 0 Å². The summed E-state index contributed by atoms with van der Waals surface area (Å²) < 4.78 is 12.8. The van der Waals surface area contributed by atoms with Gasteiger partial charge < -0.3 is 5.32 Å². The highest BCUT2D eigenvalue weighted by Gasteiger charge is 2.01. The predicted octanol–water partition coefficient (Wildman–Crippen LogP) is 3.12. The smallest absolute Gasteiger partial charge is 0.125 e. The Kier molecular flexibility index (Phi) is 3.07. The van der Waals surface area contributed by atoms with Crippen molar-refractivity contribution in [3.63, 3.8) is 0 Å². The fourth-order valence-electron chi connectivity index (χ4n) is 1.05. The van der Waals surface area contributed by atoms with Gasteiger partial charge in [-0.3, -0.25) is 0 Å². The second-order valence-corrected chi connectivity index (χ2v) is 3.13. The Morgan fingerprint density at radius 3 is 2.85 bits per heavy atom. The van der Waals surface area contributed by atoms with E-state index in [1.54, 1.807) is 12.1 Å². The van der Waals surface area contributed by atoms with Crippen LogP contribution in [0, 0.1) is 12.7 Å². The Balaban J connectivity index is 2.86. The third-order valence-corrected chi connectivity index (χ3v) is 1.94. The van der Waals surface area contributed by atoms with E-state index in [1.807, 2.05) is 13.8 Å². The van der Waals surface area contributed by atoms with Crippen molar-refractivity contribution < 1.29 is 4.39 Å². The molecular weight excluding hydrogens is 165 g/mol. The summed E-state index contributed by atoms with van der Waals surface area (Å²) in [5.41, 5.74) is 1.86. The van der Waals surface area contributed by atoms with Gasteiger partial charge in [0.05, 0.1) is 0 Å². The van der Waals surface area contributed by atoms with Crippen molar-refractivity contribution in [2.24, 2.45) is 0 Å². The molecule has 1 aromatic carbocycles. The molecule has 0 saturated heterocycles. The Morgan fingerprint density at radius 2 is 2.23 bits per heavy atom. The number of aryl methyl sites for hydroxylation is 1. The lowest BCUT2D eigenvalue weighted by molar-refractivity contribution is 0.627. The average Bonchev–Trinajstić information content (AvgIpc) is 2.11. The van der Waals surface area contributed by atoms with E-state index in [1.165, 1.54) is 12.1 Å². The predicted molar refractivity (Wildman–Crippen MR) is 54.4 cm³/mol. The molecule has 0 saturated carbocycles. The molecule has 1 rings (SSSR count). The van der Waals surface area contributed by atoms with Gasteiger partial charge >= 0.3 is 0 Å². The number of anilines is 1. The molecule has 1 nitrogen and oxygen atoms in total. The first kappa shape index (κ1) is 9.78. The maximum atomic E-state index is 12.8. The quantitative estimate of drug-likeness (QED) is 0.703. The monoisotopic (exact) mass is 179 g/mol. The van der Waals surface area contributed by atoms with Crippen LogP contribution in [0.1, 0.15) is 12.5 Å². The highest BCUT2D eigenvalue weighted by Crippen LogP contribution is 2.16. The topological polar surface area (TPSA) is 12.0 Å². The Labute approximate surface area is 78.3 Å². The van der Waals surface area contributed by atoms with Gasteiger partial charge in [-0.25, -0.2) is 4.39 Å². The van der Waals surface area contributed by atoms with E-state index in [9.17, 15) is 4.39 Å². The summed E-state index contributed by atoms with van der Waals surface area (Å²) in [6.45, 7) is 7.56. The van der Waals surface area contributed by atoms with Crippen LogP contribution in [0.2, 0.25) is 0 Å². The van der Waals surface area contributed by atoms with Gasteiger partial charge in [-0.2, -0.15) is 0 Å². The Morgan fingerprint density at radius 1 is 1.54 bits per heavy atom. The van der Waals surface area contributed by atoms with Gasteiger partial charge in [-0.05, 0) is 31.5 Å². The molecule has 0 aliphatic rings. The Bertz CT molecular complexity index is 307. The van der Waals surface area contributed by atoms with Crippen LogP contribution >= 0.6 is 0 Å². The zero-order valence-electron chi connectivity index (χ0n) is 7.97. The first-order valence-corrected chi connectivity index (χ1v) is 4.28. The van der Waals surface area contributed by atoms with Gasteiger partial charge in [0.1, 0.15) is 5.82 Å². The van der Waals surface area contributed by atoms with E-state index in [4.69, 9.17) is 0 Å². The van der Waals surface area contributed by atoms with Crippen LogP contribution in [0.3, 0.4) is 0 Å². The lowest BCUT2D eigenvalue weighted by Gasteiger charge is -2.13. The summed E-state index contributed by atoms with van der Waals surface area (Å²) in [5.74, 6) is -0.218. The second kappa shape index (κ2) is 4.08. The summed E-state index contributed by atoms with van der Waals surface area (Å²) in [5, 5.41) is 3.14. The largest absolute Gasteiger partial charge is 0.379 e. The van der Waals surface area contributed by atoms with Crippen molar-refractivity contribution in [2.75, 3.05) is 5.32 Å². The molecule has 0 amide bonds. The van der Waals surface area contributed by atoms with E-state index in [2.05, 4.69) is 11.9 Å². The standard InChI is InChI=1S/C11H14FN/c1-4-9(3)13-11-7-10(12)6-5-8(11)2/h4-7,9,13H,1H2,2-3H3. The van der Waals surface area contributed by atoms with E-state index in [-0.39, 0.29) is 11.9 Å². The summed E-state index contributed by atoms with van der Waals surface area (Å²) in [7, 11) is 0. The van der Waals surface area contributed by atoms with Crippen molar-refractivity contribution in [3.8, 4) is 0 Å². The van der Waals surface area contributed by atoms with Crippen LogP contribution in [-0.4, -0.2) is 6.04 Å². The molecule has 1 aromatic rings. The van der Waals surface area contributed by atoms with Crippen LogP contribution in [-0.2, 0) is 0 Å². The lowest BCUT2D eigenvalue weighted by Crippen LogP contribution is -2.12. The van der Waals surface area contributed by atoms with E-state index < -0.39 is 0 Å². The number of halogens is 1. The van der Waals surface area contributed by atoms with E-state index in [0.29, 0.717) is 0 Å². The van der Waals surface area contributed by atoms with Crippen molar-refractivity contribution in [2.45, 2.75) is 19.9 Å². The maximum Gasteiger partial charge on any atom is 0.125 e. The van der Waals surface area contributed by atoms with Crippen molar-refractivity contribution in [3.05, 3.63) is 42.2 Å². The molecule has 2 heteroatoms. The van der Waals surface area contributed by atoms with Crippen LogP contribution in [0.5, 0.6) is 0 Å². The Hall–Kier alpha value is -1.31. The van der Waals surface area contributed by atoms with Gasteiger partial charge in [0.2, 0.25) is 0 Å². The summed E-state index contributed by atoms with van der Waals surface area (Å²) in [6, 6.07) is 4.86. The zero-order chi connectivity index (χ0) is 9.84. The zero-order valence-corrected chi connectivity index (χ0v) is 7.97. The SMILES string of the molecule is C=CC(C)Nc1cc(F)ccc1C. The maximum absolute atomic E-state index is 12.8. The van der Waals surface area contributed by atoms with Gasteiger partial charge in [0.15, 0.2) is 0 Å². The average molecular weight is 179 g/mol. The van der Waals surface area contributed by atoms with Crippen molar-refractivity contribution >= 4 is 5.69 Å². The number of hydrogen-bond acceptors (Lipinski definition) is 1. The van der Waals surface area contributed by atoms with Crippen LogP contribution in [0.4, 0.5) is 10.1 Å². The third kappa shape index (κ3) is 2.58. The van der Waals surface area contributed by atoms with Crippen LogP contribution in [0.25, 0.3) is 0 Å². The minimum Gasteiger partial charge on any atom is -0.379 e. The number of nitrogens with one attached hydrogen (secondary N) is 1. The molecule has 0 bridgehead atoms. The van der Waals surface area contributed by atoms with Gasteiger partial charge in [-0.1, -0.05) is 12.1 Å². The fraction of sp³-hybridized carbons (Fsp3) is 0.273. The molecule has 1 atom stereocenters. The van der Waals surface area contributed by atoms with Crippen molar-refractivity contribution in [1.82, 2.24) is 0 Å². The molecule has 0 aromatic heterocycles. The van der Waals surface area contributed by atoms with E-state index >= 15 is 0 Å². The van der Waals surface area contributed by atoms with Crippen LogP contribution in [0.15, 0.2) is 30.9 Å². The molecule has 0 spiro atoms. The molecule has 1 unspecified atom stereocenters. The summed E-state index contributed by atoms with van der Waals surface area (Å²) in [6.07, 6.45) is 1.78. The minimum atomic E-state index is -0.218. The highest BCUT2D eigenvalue weighted by molar-refractivity contribution is 5.51. The summed E-state index contributed by atoms with van der Waals surface area (Å²) in [4.78, 5) is 0. The molecule has 0 aliphatic heterocycles. The first-order chi connectivity index (χ1) is 6.13. The minimum absolute atomic E-state index is 0.153. The first-order valence-electron chi connectivity index (χ1n) is 4.28. The summed E-state index contributed by atoms with van der Waals surface area (Å²) >= 11 is 0.